The van der Waals surface area contributed by atoms with E-state index in [1.807, 2.05) is 31.2 Å². The monoisotopic (exact) mass is 325 g/mol. The predicted octanol–water partition coefficient (Wildman–Crippen LogP) is 2.72. The molecule has 1 aromatic rings. The van der Waals surface area contributed by atoms with Gasteiger partial charge in [-0.1, -0.05) is 28.1 Å². The number of halogens is 1. The Hall–Kier alpha value is -0.710. The first-order valence-corrected chi connectivity index (χ1v) is 7.55. The number of carbonyl (C=O) groups excluding carboxylic acids is 1. The topological polar surface area (TPSA) is 40.5 Å². The standard InChI is InChI=1S/C15H20BrNO2/c1-11(18)13-5-7-17(10-13)8-6-15(19)12-3-2-4-14(16)9-12/h2-4,9,11,13,18H,5-8,10H2,1H3. The molecule has 4 heteroatoms. The number of hydrogen-bond donors (Lipinski definition) is 1. The molecule has 1 fully saturated rings. The van der Waals surface area contributed by atoms with Crippen LogP contribution in [0.1, 0.15) is 30.1 Å². The summed E-state index contributed by atoms with van der Waals surface area (Å²) in [5, 5.41) is 9.56. The second-order valence-electron chi connectivity index (χ2n) is 5.27. The van der Waals surface area contributed by atoms with Gasteiger partial charge in [0.05, 0.1) is 6.10 Å². The van der Waals surface area contributed by atoms with Crippen LogP contribution in [-0.4, -0.2) is 41.5 Å². The van der Waals surface area contributed by atoms with E-state index in [-0.39, 0.29) is 11.9 Å². The van der Waals surface area contributed by atoms with Gasteiger partial charge in [-0.25, -0.2) is 0 Å². The lowest BCUT2D eigenvalue weighted by Gasteiger charge is -2.16. The number of carbonyl (C=O) groups is 1. The first kappa shape index (κ1) is 14.7. The summed E-state index contributed by atoms with van der Waals surface area (Å²) in [7, 11) is 0. The number of benzene rings is 1. The Morgan fingerprint density at radius 3 is 3.00 bits per heavy atom. The van der Waals surface area contributed by atoms with Crippen LogP contribution in [0.5, 0.6) is 0 Å². The van der Waals surface area contributed by atoms with E-state index in [0.717, 1.165) is 36.1 Å². The fourth-order valence-corrected chi connectivity index (χ4v) is 2.92. The van der Waals surface area contributed by atoms with Crippen molar-refractivity contribution < 1.29 is 9.90 Å². The Bertz CT molecular complexity index is 448. The Labute approximate surface area is 122 Å². The van der Waals surface area contributed by atoms with Gasteiger partial charge >= 0.3 is 0 Å². The Morgan fingerprint density at radius 1 is 1.58 bits per heavy atom. The molecule has 19 heavy (non-hydrogen) atoms. The van der Waals surface area contributed by atoms with Gasteiger partial charge in [0.1, 0.15) is 0 Å². The SMILES string of the molecule is CC(O)C1CCN(CCC(=O)c2cccc(Br)c2)C1. The van der Waals surface area contributed by atoms with Crippen LogP contribution in [0.25, 0.3) is 0 Å². The normalized spacial score (nSPS) is 21.5. The highest BCUT2D eigenvalue weighted by molar-refractivity contribution is 9.10. The van der Waals surface area contributed by atoms with Gasteiger partial charge in [-0.05, 0) is 37.9 Å². The van der Waals surface area contributed by atoms with Gasteiger partial charge in [0.25, 0.3) is 0 Å². The molecule has 1 aromatic carbocycles. The molecule has 2 unspecified atom stereocenters. The van der Waals surface area contributed by atoms with Crippen LogP contribution >= 0.6 is 15.9 Å². The van der Waals surface area contributed by atoms with Crippen molar-refractivity contribution in [1.29, 1.82) is 0 Å². The Morgan fingerprint density at radius 2 is 2.37 bits per heavy atom. The van der Waals surface area contributed by atoms with Crippen LogP contribution in [0.15, 0.2) is 28.7 Å². The molecule has 0 saturated carbocycles. The molecule has 104 valence electrons. The molecular weight excluding hydrogens is 306 g/mol. The maximum absolute atomic E-state index is 12.1. The summed E-state index contributed by atoms with van der Waals surface area (Å²) in [5.74, 6) is 0.544. The minimum atomic E-state index is -0.245. The van der Waals surface area contributed by atoms with E-state index in [4.69, 9.17) is 0 Å². The van der Waals surface area contributed by atoms with Gasteiger partial charge in [0, 0.05) is 29.5 Å². The Kier molecular flexibility index (Phi) is 5.13. The van der Waals surface area contributed by atoms with Gasteiger partial charge in [-0.15, -0.1) is 0 Å². The first-order valence-electron chi connectivity index (χ1n) is 6.75. The molecule has 1 N–H and O–H groups in total. The van der Waals surface area contributed by atoms with Crippen molar-refractivity contribution in [2.75, 3.05) is 19.6 Å². The molecule has 0 spiro atoms. The smallest absolute Gasteiger partial charge is 0.164 e. The third-order valence-electron chi connectivity index (χ3n) is 3.79. The zero-order valence-electron chi connectivity index (χ0n) is 11.2. The fraction of sp³-hybridized carbons (Fsp3) is 0.533. The summed E-state index contributed by atoms with van der Waals surface area (Å²) in [4.78, 5) is 14.3. The number of hydrogen-bond acceptors (Lipinski definition) is 3. The zero-order chi connectivity index (χ0) is 13.8. The van der Waals surface area contributed by atoms with Gasteiger partial charge in [0.15, 0.2) is 5.78 Å². The van der Waals surface area contributed by atoms with Crippen molar-refractivity contribution in [3.8, 4) is 0 Å². The molecule has 1 saturated heterocycles. The molecule has 1 aliphatic heterocycles. The number of rotatable bonds is 5. The maximum atomic E-state index is 12.1. The van der Waals surface area contributed by atoms with E-state index < -0.39 is 0 Å². The van der Waals surface area contributed by atoms with Crippen LogP contribution in [-0.2, 0) is 0 Å². The fourth-order valence-electron chi connectivity index (χ4n) is 2.53. The van der Waals surface area contributed by atoms with E-state index in [9.17, 15) is 9.90 Å². The predicted molar refractivity (Wildman–Crippen MR) is 79.3 cm³/mol. The largest absolute Gasteiger partial charge is 0.393 e. The average Bonchev–Trinajstić information content (AvgIpc) is 2.85. The number of nitrogens with zero attached hydrogens (tertiary/aromatic N) is 1. The second-order valence-corrected chi connectivity index (χ2v) is 6.19. The van der Waals surface area contributed by atoms with Crippen molar-refractivity contribution in [3.05, 3.63) is 34.3 Å². The summed E-state index contributed by atoms with van der Waals surface area (Å²) in [6.07, 6.45) is 1.33. The number of aliphatic hydroxyl groups excluding tert-OH is 1. The van der Waals surface area contributed by atoms with Crippen molar-refractivity contribution >= 4 is 21.7 Å². The summed E-state index contributed by atoms with van der Waals surface area (Å²) >= 11 is 3.38. The van der Waals surface area contributed by atoms with Crippen LogP contribution in [0.3, 0.4) is 0 Å². The minimum Gasteiger partial charge on any atom is -0.393 e. The summed E-state index contributed by atoms with van der Waals surface area (Å²) < 4.78 is 0.939. The summed E-state index contributed by atoms with van der Waals surface area (Å²) in [6.45, 7) is 4.53. The van der Waals surface area contributed by atoms with Crippen LogP contribution in [0, 0.1) is 5.92 Å². The van der Waals surface area contributed by atoms with E-state index >= 15 is 0 Å². The molecule has 0 radical (unpaired) electrons. The van der Waals surface area contributed by atoms with Gasteiger partial charge < -0.3 is 10.0 Å². The first-order chi connectivity index (χ1) is 9.06. The number of likely N-dealkylation sites (tertiary alicyclic amines) is 1. The molecule has 0 amide bonds. The van der Waals surface area contributed by atoms with Crippen LogP contribution in [0.4, 0.5) is 0 Å². The van der Waals surface area contributed by atoms with E-state index in [2.05, 4.69) is 20.8 Å². The number of aliphatic hydroxyl groups is 1. The molecular formula is C15H20BrNO2. The van der Waals surface area contributed by atoms with E-state index in [1.54, 1.807) is 0 Å². The third kappa shape index (κ3) is 4.13. The molecule has 1 heterocycles. The molecule has 0 aromatic heterocycles. The zero-order valence-corrected chi connectivity index (χ0v) is 12.8. The van der Waals surface area contributed by atoms with Gasteiger partial charge in [-0.2, -0.15) is 0 Å². The quantitative estimate of drug-likeness (QED) is 0.846. The third-order valence-corrected chi connectivity index (χ3v) is 4.29. The Balaban J connectivity index is 1.82. The lowest BCUT2D eigenvalue weighted by molar-refractivity contribution is 0.0963. The van der Waals surface area contributed by atoms with Crippen molar-refractivity contribution in [2.24, 2.45) is 5.92 Å². The molecule has 3 nitrogen and oxygen atoms in total. The lowest BCUT2D eigenvalue weighted by atomic mass is 10.0. The highest BCUT2D eigenvalue weighted by Gasteiger charge is 2.25. The number of ketones is 1. The molecule has 1 aliphatic rings. The van der Waals surface area contributed by atoms with Crippen LogP contribution in [0.2, 0.25) is 0 Å². The summed E-state index contributed by atoms with van der Waals surface area (Å²) in [6, 6.07) is 7.53. The molecule has 2 rings (SSSR count). The molecule has 0 bridgehead atoms. The van der Waals surface area contributed by atoms with Crippen LogP contribution < -0.4 is 0 Å². The molecule has 0 aliphatic carbocycles. The highest BCUT2D eigenvalue weighted by Crippen LogP contribution is 2.20. The summed E-state index contributed by atoms with van der Waals surface area (Å²) in [5.41, 5.74) is 0.764. The van der Waals surface area contributed by atoms with Crippen molar-refractivity contribution in [2.45, 2.75) is 25.9 Å². The lowest BCUT2D eigenvalue weighted by Crippen LogP contribution is -2.26. The van der Waals surface area contributed by atoms with Crippen molar-refractivity contribution in [3.63, 3.8) is 0 Å². The second kappa shape index (κ2) is 6.64. The van der Waals surface area contributed by atoms with E-state index in [0.29, 0.717) is 12.3 Å². The van der Waals surface area contributed by atoms with Gasteiger partial charge in [0.2, 0.25) is 0 Å². The minimum absolute atomic E-state index is 0.182. The maximum Gasteiger partial charge on any atom is 0.164 e. The average molecular weight is 326 g/mol. The highest BCUT2D eigenvalue weighted by atomic mass is 79.9. The van der Waals surface area contributed by atoms with E-state index in [1.165, 1.54) is 0 Å². The molecule has 2 atom stereocenters. The van der Waals surface area contributed by atoms with Gasteiger partial charge in [-0.3, -0.25) is 4.79 Å². The van der Waals surface area contributed by atoms with Crippen molar-refractivity contribution in [1.82, 2.24) is 4.90 Å². The number of Topliss-reactive ketones (excluding diaryl/α,β-unsaturated/α-hetero) is 1.